The van der Waals surface area contributed by atoms with Gasteiger partial charge in [0.2, 0.25) is 0 Å². The van der Waals surface area contributed by atoms with Gasteiger partial charge in [0.15, 0.2) is 0 Å². The van der Waals surface area contributed by atoms with Crippen molar-refractivity contribution in [2.45, 2.75) is 38.5 Å². The molecule has 4 aromatic carbocycles. The molecule has 0 aromatic heterocycles. The molecule has 2 unspecified atom stereocenters. The Morgan fingerprint density at radius 2 is 0.756 bits per heavy atom. The lowest BCUT2D eigenvalue weighted by Gasteiger charge is -2.34. The van der Waals surface area contributed by atoms with Gasteiger partial charge in [-0.1, -0.05) is 74.5 Å². The van der Waals surface area contributed by atoms with Gasteiger partial charge in [0.05, 0.1) is 39.6 Å². The Hall–Kier alpha value is -3.96. The molecular formula is C36H42O5. The van der Waals surface area contributed by atoms with Crippen LogP contribution in [-0.4, -0.2) is 39.6 Å². The molecule has 5 nitrogen and oxygen atoms in total. The number of para-hydroxylation sites is 2. The first kappa shape index (κ1) is 30.0. The van der Waals surface area contributed by atoms with Crippen molar-refractivity contribution in [3.8, 4) is 23.0 Å². The first-order chi connectivity index (χ1) is 19.9. The van der Waals surface area contributed by atoms with Crippen LogP contribution in [0.3, 0.4) is 0 Å². The summed E-state index contributed by atoms with van der Waals surface area (Å²) in [5.41, 5.74) is 1.45. The van der Waals surface area contributed by atoms with E-state index in [1.54, 1.807) is 0 Å². The fourth-order valence-electron chi connectivity index (χ4n) is 4.68. The molecule has 4 rings (SSSR count). The van der Waals surface area contributed by atoms with Gasteiger partial charge in [0.25, 0.3) is 0 Å². The van der Waals surface area contributed by atoms with Gasteiger partial charge in [-0.2, -0.15) is 0 Å². The Morgan fingerprint density at radius 3 is 1.10 bits per heavy atom. The minimum Gasteiger partial charge on any atom is -0.494 e. The summed E-state index contributed by atoms with van der Waals surface area (Å²) in [5, 5.41) is 0. The van der Waals surface area contributed by atoms with E-state index in [1.807, 2.05) is 98.8 Å². The first-order valence-corrected chi connectivity index (χ1v) is 14.3. The predicted octanol–water partition coefficient (Wildman–Crippen LogP) is 7.87. The Bertz CT molecular complexity index is 1190. The van der Waals surface area contributed by atoms with Crippen LogP contribution in [0.1, 0.15) is 38.8 Å². The smallest absolute Gasteiger partial charge is 0.119 e. The lowest BCUT2D eigenvalue weighted by atomic mass is 9.82. The topological polar surface area (TPSA) is 46.2 Å². The highest BCUT2D eigenvalue weighted by Crippen LogP contribution is 2.31. The minimum atomic E-state index is -0.402. The standard InChI is InChI=1S/C36H42O5/c1-5-38-33-21-17-29(18-22-33)35(3,27-40-31-13-9-7-10-14-31)25-37-26-36(4,28-41-32-15-11-8-12-16-32)30-19-23-34(24-20-30)39-6-2/h7-24H,5-6,25-28H2,1-4H3. The lowest BCUT2D eigenvalue weighted by Crippen LogP contribution is -2.40. The van der Waals surface area contributed by atoms with Crippen molar-refractivity contribution in [2.75, 3.05) is 39.6 Å². The second kappa shape index (κ2) is 14.6. The second-order valence-electron chi connectivity index (χ2n) is 10.7. The molecule has 0 heterocycles. The van der Waals surface area contributed by atoms with Crippen LogP contribution in [-0.2, 0) is 15.6 Å². The average Bonchev–Trinajstić information content (AvgIpc) is 3.01. The summed E-state index contributed by atoms with van der Waals surface area (Å²) in [4.78, 5) is 0. The van der Waals surface area contributed by atoms with E-state index in [2.05, 4.69) is 38.1 Å². The van der Waals surface area contributed by atoms with Crippen LogP contribution >= 0.6 is 0 Å². The fraction of sp³-hybridized carbons (Fsp3) is 0.333. The maximum atomic E-state index is 6.58. The highest BCUT2D eigenvalue weighted by molar-refractivity contribution is 5.34. The molecule has 0 saturated heterocycles. The number of ether oxygens (including phenoxy) is 5. The summed E-state index contributed by atoms with van der Waals surface area (Å²) >= 11 is 0. The number of hydrogen-bond acceptors (Lipinski definition) is 5. The van der Waals surface area contributed by atoms with E-state index in [1.165, 1.54) is 0 Å². The van der Waals surface area contributed by atoms with Crippen molar-refractivity contribution >= 4 is 0 Å². The number of benzene rings is 4. The van der Waals surface area contributed by atoms with E-state index in [9.17, 15) is 0 Å². The van der Waals surface area contributed by atoms with Gasteiger partial charge in [-0.3, -0.25) is 0 Å². The van der Waals surface area contributed by atoms with Gasteiger partial charge >= 0.3 is 0 Å². The summed E-state index contributed by atoms with van der Waals surface area (Å²) in [6.45, 7) is 11.5. The van der Waals surface area contributed by atoms with E-state index >= 15 is 0 Å². The molecule has 216 valence electrons. The van der Waals surface area contributed by atoms with Crippen molar-refractivity contribution in [1.82, 2.24) is 0 Å². The van der Waals surface area contributed by atoms with Crippen LogP contribution in [0.25, 0.3) is 0 Å². The number of hydrogen-bond donors (Lipinski definition) is 0. The summed E-state index contributed by atoms with van der Waals surface area (Å²) in [7, 11) is 0. The molecule has 4 aromatic rings. The quantitative estimate of drug-likeness (QED) is 0.141. The molecule has 0 N–H and O–H groups in total. The van der Waals surface area contributed by atoms with Gasteiger partial charge in [-0.05, 0) is 73.5 Å². The SMILES string of the molecule is CCOc1ccc(C(C)(COCC(C)(COc2ccccc2)c2ccc(OCC)cc2)COc2ccccc2)cc1. The third-order valence-corrected chi connectivity index (χ3v) is 7.17. The Morgan fingerprint density at radius 1 is 0.415 bits per heavy atom. The summed E-state index contributed by atoms with van der Waals surface area (Å²) in [5.74, 6) is 3.37. The van der Waals surface area contributed by atoms with E-state index < -0.39 is 10.8 Å². The zero-order valence-electron chi connectivity index (χ0n) is 24.7. The molecule has 0 amide bonds. The molecule has 0 spiro atoms. The summed E-state index contributed by atoms with van der Waals surface area (Å²) in [6.07, 6.45) is 0. The molecule has 0 saturated carbocycles. The largest absolute Gasteiger partial charge is 0.494 e. The normalized spacial score (nSPS) is 14.0. The fourth-order valence-corrected chi connectivity index (χ4v) is 4.68. The zero-order valence-corrected chi connectivity index (χ0v) is 24.7. The molecule has 41 heavy (non-hydrogen) atoms. The number of rotatable bonds is 16. The van der Waals surface area contributed by atoms with Crippen molar-refractivity contribution in [3.05, 3.63) is 120 Å². The minimum absolute atomic E-state index is 0.402. The van der Waals surface area contributed by atoms with Crippen LogP contribution in [0.5, 0.6) is 23.0 Å². The van der Waals surface area contributed by atoms with Crippen molar-refractivity contribution in [1.29, 1.82) is 0 Å². The highest BCUT2D eigenvalue weighted by atomic mass is 16.5. The van der Waals surface area contributed by atoms with Crippen LogP contribution in [0.2, 0.25) is 0 Å². The summed E-state index contributed by atoms with van der Waals surface area (Å²) < 4.78 is 30.5. The molecular weight excluding hydrogens is 512 g/mol. The monoisotopic (exact) mass is 554 g/mol. The third-order valence-electron chi connectivity index (χ3n) is 7.17. The Balaban J connectivity index is 1.53. The summed E-state index contributed by atoms with van der Waals surface area (Å²) in [6, 6.07) is 36.3. The maximum absolute atomic E-state index is 6.58. The molecule has 0 bridgehead atoms. The molecule has 0 radical (unpaired) electrons. The van der Waals surface area contributed by atoms with Crippen LogP contribution < -0.4 is 18.9 Å². The third kappa shape index (κ3) is 8.51. The molecule has 0 aliphatic heterocycles. The van der Waals surface area contributed by atoms with Gasteiger partial charge in [-0.15, -0.1) is 0 Å². The lowest BCUT2D eigenvalue weighted by molar-refractivity contribution is 0.0249. The van der Waals surface area contributed by atoms with E-state index in [0.29, 0.717) is 39.6 Å². The van der Waals surface area contributed by atoms with Crippen LogP contribution in [0.4, 0.5) is 0 Å². The molecule has 0 aliphatic carbocycles. The van der Waals surface area contributed by atoms with Crippen LogP contribution in [0.15, 0.2) is 109 Å². The molecule has 2 atom stereocenters. The molecule has 0 aliphatic rings. The van der Waals surface area contributed by atoms with Crippen molar-refractivity contribution in [2.24, 2.45) is 0 Å². The van der Waals surface area contributed by atoms with Crippen molar-refractivity contribution in [3.63, 3.8) is 0 Å². The van der Waals surface area contributed by atoms with Gasteiger partial charge in [0.1, 0.15) is 23.0 Å². The van der Waals surface area contributed by atoms with Crippen molar-refractivity contribution < 1.29 is 23.7 Å². The molecule has 5 heteroatoms. The van der Waals surface area contributed by atoms with Gasteiger partial charge in [0, 0.05) is 10.8 Å². The van der Waals surface area contributed by atoms with E-state index in [0.717, 1.165) is 34.1 Å². The Labute approximate surface area is 245 Å². The van der Waals surface area contributed by atoms with E-state index in [-0.39, 0.29) is 0 Å². The first-order valence-electron chi connectivity index (χ1n) is 14.3. The average molecular weight is 555 g/mol. The zero-order chi connectivity index (χ0) is 29.0. The Kier molecular flexibility index (Phi) is 10.7. The van der Waals surface area contributed by atoms with E-state index in [4.69, 9.17) is 23.7 Å². The van der Waals surface area contributed by atoms with Gasteiger partial charge in [-0.25, -0.2) is 0 Å². The highest BCUT2D eigenvalue weighted by Gasteiger charge is 2.33. The predicted molar refractivity (Wildman–Crippen MR) is 165 cm³/mol. The molecule has 0 fully saturated rings. The van der Waals surface area contributed by atoms with Crippen LogP contribution in [0, 0.1) is 0 Å². The second-order valence-corrected chi connectivity index (χ2v) is 10.7. The van der Waals surface area contributed by atoms with Gasteiger partial charge < -0.3 is 23.7 Å². The maximum Gasteiger partial charge on any atom is 0.119 e.